The van der Waals surface area contributed by atoms with Crippen molar-refractivity contribution in [3.63, 3.8) is 0 Å². The second-order valence-corrected chi connectivity index (χ2v) is 7.94. The van der Waals surface area contributed by atoms with E-state index in [4.69, 9.17) is 32.4 Å². The summed E-state index contributed by atoms with van der Waals surface area (Å²) >= 11 is 12.4. The zero-order valence-corrected chi connectivity index (χ0v) is 16.2. The number of furan rings is 1. The van der Waals surface area contributed by atoms with Crippen LogP contribution in [-0.2, 0) is 11.2 Å². The Hall–Kier alpha value is -1.98. The van der Waals surface area contributed by atoms with Gasteiger partial charge < -0.3 is 9.15 Å². The first-order chi connectivity index (χ1) is 12.2. The van der Waals surface area contributed by atoms with Gasteiger partial charge in [-0.25, -0.2) is 4.79 Å². The summed E-state index contributed by atoms with van der Waals surface area (Å²) in [7, 11) is 0. The SMILES string of the molecule is CC(C)(C)OC(=O)N1CCc2ccc(Cl)cc2C1c1cc(C=O)oc1Cl. The predicted molar refractivity (Wildman–Crippen MR) is 99.0 cm³/mol. The van der Waals surface area contributed by atoms with Crippen molar-refractivity contribution in [2.24, 2.45) is 0 Å². The van der Waals surface area contributed by atoms with Crippen LogP contribution in [-0.4, -0.2) is 29.4 Å². The van der Waals surface area contributed by atoms with Crippen molar-refractivity contribution in [3.05, 3.63) is 57.0 Å². The van der Waals surface area contributed by atoms with Gasteiger partial charge in [-0.2, -0.15) is 0 Å². The highest BCUT2D eigenvalue weighted by Crippen LogP contribution is 2.41. The van der Waals surface area contributed by atoms with Crippen LogP contribution in [0.3, 0.4) is 0 Å². The Morgan fingerprint density at radius 1 is 1.27 bits per heavy atom. The van der Waals surface area contributed by atoms with Crippen LogP contribution in [0.5, 0.6) is 0 Å². The number of carbonyl (C=O) groups is 2. The maximum absolute atomic E-state index is 12.8. The number of benzene rings is 1. The van der Waals surface area contributed by atoms with Gasteiger partial charge in [0.25, 0.3) is 0 Å². The molecule has 0 fully saturated rings. The molecule has 1 aromatic heterocycles. The minimum Gasteiger partial charge on any atom is -0.444 e. The number of carbonyl (C=O) groups excluding carboxylic acids is 2. The predicted octanol–water partition coefficient (Wildman–Crippen LogP) is 5.28. The van der Waals surface area contributed by atoms with Gasteiger partial charge in [0.05, 0.1) is 6.04 Å². The van der Waals surface area contributed by atoms with Crippen LogP contribution in [0.4, 0.5) is 4.79 Å². The highest BCUT2D eigenvalue weighted by molar-refractivity contribution is 6.30. The molecule has 138 valence electrons. The Labute approximate surface area is 161 Å². The molecular weight excluding hydrogens is 377 g/mol. The van der Waals surface area contributed by atoms with E-state index in [1.807, 2.05) is 39.0 Å². The number of nitrogens with zero attached hydrogens (tertiary/aromatic N) is 1. The van der Waals surface area contributed by atoms with Crippen molar-refractivity contribution in [1.29, 1.82) is 0 Å². The Kier molecular flexibility index (Phi) is 5.04. The van der Waals surface area contributed by atoms with Crippen LogP contribution < -0.4 is 0 Å². The Morgan fingerprint density at radius 3 is 2.62 bits per heavy atom. The summed E-state index contributed by atoms with van der Waals surface area (Å²) in [5.41, 5.74) is 1.80. The molecule has 3 rings (SSSR count). The van der Waals surface area contributed by atoms with Crippen LogP contribution in [0, 0.1) is 0 Å². The molecule has 1 aromatic carbocycles. The summed E-state index contributed by atoms with van der Waals surface area (Å²) in [6.45, 7) is 5.88. The molecule has 0 N–H and O–H groups in total. The maximum Gasteiger partial charge on any atom is 0.411 e. The smallest absolute Gasteiger partial charge is 0.411 e. The molecule has 0 saturated heterocycles. The number of fused-ring (bicyclic) bond motifs is 1. The highest BCUT2D eigenvalue weighted by atomic mass is 35.5. The van der Waals surface area contributed by atoms with Gasteiger partial charge in [0.1, 0.15) is 5.60 Å². The highest BCUT2D eigenvalue weighted by Gasteiger charge is 2.37. The lowest BCUT2D eigenvalue weighted by molar-refractivity contribution is 0.0178. The second-order valence-electron chi connectivity index (χ2n) is 7.17. The van der Waals surface area contributed by atoms with E-state index in [2.05, 4.69) is 0 Å². The van der Waals surface area contributed by atoms with E-state index in [9.17, 15) is 9.59 Å². The zero-order valence-electron chi connectivity index (χ0n) is 14.7. The number of amides is 1. The van der Waals surface area contributed by atoms with E-state index in [1.54, 1.807) is 11.0 Å². The van der Waals surface area contributed by atoms with E-state index in [0.717, 1.165) is 11.1 Å². The fourth-order valence-electron chi connectivity index (χ4n) is 3.08. The third-order valence-electron chi connectivity index (χ3n) is 4.11. The van der Waals surface area contributed by atoms with Crippen molar-refractivity contribution < 1.29 is 18.7 Å². The molecule has 2 aromatic rings. The topological polar surface area (TPSA) is 59.8 Å². The summed E-state index contributed by atoms with van der Waals surface area (Å²) < 4.78 is 10.8. The molecule has 2 heterocycles. The standard InChI is InChI=1S/C19H19Cl2NO4/c1-19(2,3)26-18(24)22-7-6-11-4-5-12(20)8-14(11)16(22)15-9-13(10-23)25-17(15)21/h4-5,8-10,16H,6-7H2,1-3H3. The lowest BCUT2D eigenvalue weighted by Gasteiger charge is -2.38. The van der Waals surface area contributed by atoms with Gasteiger partial charge in [-0.1, -0.05) is 17.7 Å². The molecule has 0 bridgehead atoms. The number of aldehydes is 1. The molecule has 1 unspecified atom stereocenters. The van der Waals surface area contributed by atoms with Crippen molar-refractivity contribution >= 4 is 35.6 Å². The molecule has 0 aliphatic carbocycles. The monoisotopic (exact) mass is 395 g/mol. The molecular formula is C19H19Cl2NO4. The van der Waals surface area contributed by atoms with Crippen molar-refractivity contribution in [1.82, 2.24) is 4.90 Å². The minimum absolute atomic E-state index is 0.0680. The second kappa shape index (κ2) is 6.97. The first-order valence-electron chi connectivity index (χ1n) is 8.22. The van der Waals surface area contributed by atoms with E-state index >= 15 is 0 Å². The molecule has 1 aliphatic heterocycles. The molecule has 7 heteroatoms. The van der Waals surface area contributed by atoms with Crippen LogP contribution in [0.15, 0.2) is 28.7 Å². The van der Waals surface area contributed by atoms with E-state index < -0.39 is 17.7 Å². The summed E-state index contributed by atoms with van der Waals surface area (Å²) in [6, 6.07) is 6.56. The normalized spacial score (nSPS) is 17.0. The van der Waals surface area contributed by atoms with Crippen LogP contribution in [0.1, 0.15) is 54.1 Å². The largest absolute Gasteiger partial charge is 0.444 e. The van der Waals surface area contributed by atoms with Crippen LogP contribution >= 0.6 is 23.2 Å². The van der Waals surface area contributed by atoms with Crippen LogP contribution in [0.25, 0.3) is 0 Å². The summed E-state index contributed by atoms with van der Waals surface area (Å²) in [4.78, 5) is 25.5. The molecule has 1 amide bonds. The number of hydrogen-bond donors (Lipinski definition) is 0. The lowest BCUT2D eigenvalue weighted by Crippen LogP contribution is -2.43. The zero-order chi connectivity index (χ0) is 19.1. The molecule has 0 spiro atoms. The molecule has 26 heavy (non-hydrogen) atoms. The maximum atomic E-state index is 12.8. The van der Waals surface area contributed by atoms with Gasteiger partial charge in [-0.05, 0) is 68.1 Å². The fourth-order valence-corrected chi connectivity index (χ4v) is 3.51. The molecule has 1 atom stereocenters. The van der Waals surface area contributed by atoms with Crippen molar-refractivity contribution in [2.75, 3.05) is 6.54 Å². The lowest BCUT2D eigenvalue weighted by atomic mass is 9.89. The third-order valence-corrected chi connectivity index (χ3v) is 4.64. The van der Waals surface area contributed by atoms with Gasteiger partial charge in [-0.15, -0.1) is 0 Å². The average Bonchev–Trinajstić information content (AvgIpc) is 2.92. The minimum atomic E-state index is -0.635. The first-order valence-corrected chi connectivity index (χ1v) is 8.97. The van der Waals surface area contributed by atoms with Gasteiger partial charge in [0.15, 0.2) is 17.3 Å². The first kappa shape index (κ1) is 18.8. The molecule has 5 nitrogen and oxygen atoms in total. The quantitative estimate of drug-likeness (QED) is 0.648. The van der Waals surface area contributed by atoms with E-state index in [1.165, 1.54) is 0 Å². The average molecular weight is 396 g/mol. The molecule has 1 aliphatic rings. The van der Waals surface area contributed by atoms with Crippen LogP contribution in [0.2, 0.25) is 10.2 Å². The Bertz CT molecular complexity index is 854. The summed E-state index contributed by atoms with van der Waals surface area (Å²) in [5.74, 6) is 0.100. The van der Waals surface area contributed by atoms with Gasteiger partial charge in [0, 0.05) is 17.1 Å². The fraction of sp³-hybridized carbons (Fsp3) is 0.368. The molecule has 0 radical (unpaired) electrons. The Morgan fingerprint density at radius 2 is 2.00 bits per heavy atom. The number of rotatable bonds is 2. The number of ether oxygens (including phenoxy) is 1. The number of hydrogen-bond acceptors (Lipinski definition) is 4. The van der Waals surface area contributed by atoms with E-state index in [-0.39, 0.29) is 11.0 Å². The molecule has 0 saturated carbocycles. The van der Waals surface area contributed by atoms with Gasteiger partial charge >= 0.3 is 6.09 Å². The Balaban J connectivity index is 2.11. The van der Waals surface area contributed by atoms with Crippen molar-refractivity contribution in [3.8, 4) is 0 Å². The summed E-state index contributed by atoms with van der Waals surface area (Å²) in [6.07, 6.45) is 0.783. The number of halogens is 2. The van der Waals surface area contributed by atoms with Gasteiger partial charge in [0.2, 0.25) is 0 Å². The van der Waals surface area contributed by atoms with Gasteiger partial charge in [-0.3, -0.25) is 9.69 Å². The van der Waals surface area contributed by atoms with Crippen molar-refractivity contribution in [2.45, 2.75) is 38.8 Å². The summed E-state index contributed by atoms with van der Waals surface area (Å²) in [5, 5.41) is 0.619. The third kappa shape index (κ3) is 3.74. The van der Waals surface area contributed by atoms with E-state index in [0.29, 0.717) is 29.8 Å².